The van der Waals surface area contributed by atoms with E-state index in [0.29, 0.717) is 15.5 Å². The van der Waals surface area contributed by atoms with E-state index < -0.39 is 18.0 Å². The Bertz CT molecular complexity index is 1660. The minimum atomic E-state index is -1.15. The molecule has 5 rings (SSSR count). The Balaban J connectivity index is 1.42. The highest BCUT2D eigenvalue weighted by Crippen LogP contribution is 2.32. The van der Waals surface area contributed by atoms with Gasteiger partial charge >= 0.3 is 11.9 Å². The summed E-state index contributed by atoms with van der Waals surface area (Å²) in [6.45, 7) is 2.15. The zero-order chi connectivity index (χ0) is 28.9. The molecule has 0 radical (unpaired) electrons. The number of hydrogen-bond donors (Lipinski definition) is 2. The van der Waals surface area contributed by atoms with E-state index in [4.69, 9.17) is 16.4 Å². The number of phenolic OH excluding ortho intramolecular Hbond substituents is 1. The first-order valence-corrected chi connectivity index (χ1v) is 14.4. The van der Waals surface area contributed by atoms with Gasteiger partial charge in [0.25, 0.3) is 0 Å². The Hall–Kier alpha value is -4.17. The second kappa shape index (κ2) is 12.6. The Labute approximate surface area is 247 Å². The number of thiophene rings is 1. The molecule has 1 atom stereocenters. The van der Waals surface area contributed by atoms with Crippen LogP contribution in [-0.4, -0.2) is 33.3 Å². The van der Waals surface area contributed by atoms with Gasteiger partial charge in [-0.15, -0.1) is 16.4 Å². The highest BCUT2D eigenvalue weighted by atomic mass is 35.5. The molecule has 0 unspecified atom stereocenters. The standard InChI is InChI=1S/C33H28ClNO5S/c1-2-21-3-5-23(6-4-21)20-35(29(32(37)38)17-22-7-14-28(36)15-8-22)40-33(39)31-19-26-18-25(11-16-30(26)41-31)24-9-12-27(34)13-10-24/h3-16,18-19,29,36H,2,17,20H2,1H3,(H,37,38)/t29-/m0/s1. The second-order valence-corrected chi connectivity index (χ2v) is 11.2. The Morgan fingerprint density at radius 1 is 0.854 bits per heavy atom. The van der Waals surface area contributed by atoms with Crippen molar-refractivity contribution in [2.75, 3.05) is 0 Å². The lowest BCUT2D eigenvalue weighted by atomic mass is 10.0. The molecule has 0 aliphatic heterocycles. The fraction of sp³-hybridized carbons (Fsp3) is 0.152. The molecule has 1 aromatic heterocycles. The summed E-state index contributed by atoms with van der Waals surface area (Å²) < 4.78 is 0.912. The third-order valence-corrected chi connectivity index (χ3v) is 8.21. The van der Waals surface area contributed by atoms with Gasteiger partial charge in [-0.3, -0.25) is 4.79 Å². The van der Waals surface area contributed by atoms with Crippen molar-refractivity contribution >= 4 is 45.0 Å². The van der Waals surface area contributed by atoms with Crippen LogP contribution >= 0.6 is 22.9 Å². The number of fused-ring (bicyclic) bond motifs is 1. The van der Waals surface area contributed by atoms with Gasteiger partial charge in [0.05, 0.1) is 6.54 Å². The van der Waals surface area contributed by atoms with Gasteiger partial charge in [0, 0.05) is 16.1 Å². The molecule has 41 heavy (non-hydrogen) atoms. The molecule has 208 valence electrons. The number of benzene rings is 4. The molecule has 4 aromatic carbocycles. The lowest BCUT2D eigenvalue weighted by molar-refractivity contribution is -0.174. The quantitative estimate of drug-likeness (QED) is 0.163. The number of hydroxylamine groups is 2. The minimum Gasteiger partial charge on any atom is -0.508 e. The van der Waals surface area contributed by atoms with Crippen LogP contribution in [0.25, 0.3) is 21.2 Å². The van der Waals surface area contributed by atoms with Crippen LogP contribution < -0.4 is 0 Å². The van der Waals surface area contributed by atoms with Crippen molar-refractivity contribution in [1.82, 2.24) is 5.06 Å². The van der Waals surface area contributed by atoms with Gasteiger partial charge in [-0.2, -0.15) is 0 Å². The highest BCUT2D eigenvalue weighted by molar-refractivity contribution is 7.20. The first-order valence-electron chi connectivity index (χ1n) is 13.2. The van der Waals surface area contributed by atoms with Crippen LogP contribution in [-0.2, 0) is 29.0 Å². The number of hydrogen-bond acceptors (Lipinski definition) is 6. The molecule has 0 aliphatic rings. The van der Waals surface area contributed by atoms with E-state index >= 15 is 0 Å². The summed E-state index contributed by atoms with van der Waals surface area (Å²) in [4.78, 5) is 32.1. The summed E-state index contributed by atoms with van der Waals surface area (Å²) in [6.07, 6.45) is 0.954. The van der Waals surface area contributed by atoms with Gasteiger partial charge in [-0.05, 0) is 82.1 Å². The molecule has 0 saturated carbocycles. The number of phenols is 1. The number of rotatable bonds is 10. The number of carbonyl (C=O) groups excluding carboxylic acids is 1. The van der Waals surface area contributed by atoms with Crippen molar-refractivity contribution in [3.63, 3.8) is 0 Å². The van der Waals surface area contributed by atoms with Crippen molar-refractivity contribution in [2.45, 2.75) is 32.4 Å². The first kappa shape index (κ1) is 28.4. The first-order chi connectivity index (χ1) is 19.8. The van der Waals surface area contributed by atoms with Crippen LogP contribution in [0.3, 0.4) is 0 Å². The fourth-order valence-electron chi connectivity index (χ4n) is 4.55. The number of aryl methyl sites for hydroxylation is 1. The molecule has 8 heteroatoms. The number of carboxylic acid groups (broad SMARTS) is 1. The largest absolute Gasteiger partial charge is 0.508 e. The SMILES string of the molecule is CCc1ccc(CN(OC(=O)c2cc3cc(-c4ccc(Cl)cc4)ccc3s2)[C@@H](Cc2ccc(O)cc2)C(=O)O)cc1. The number of carbonyl (C=O) groups is 2. The number of halogens is 1. The summed E-state index contributed by atoms with van der Waals surface area (Å²) in [5.41, 5.74) is 4.65. The van der Waals surface area contributed by atoms with Gasteiger partial charge in [0.2, 0.25) is 0 Å². The van der Waals surface area contributed by atoms with E-state index in [9.17, 15) is 19.8 Å². The molecule has 0 saturated heterocycles. The monoisotopic (exact) mass is 585 g/mol. The minimum absolute atomic E-state index is 0.0762. The molecular formula is C33H28ClNO5S. The molecule has 0 bridgehead atoms. The molecular weight excluding hydrogens is 558 g/mol. The molecule has 0 amide bonds. The summed E-state index contributed by atoms with van der Waals surface area (Å²) >= 11 is 7.32. The van der Waals surface area contributed by atoms with Crippen molar-refractivity contribution in [3.8, 4) is 16.9 Å². The topological polar surface area (TPSA) is 87.1 Å². The van der Waals surface area contributed by atoms with E-state index in [1.165, 1.54) is 28.5 Å². The van der Waals surface area contributed by atoms with Crippen LogP contribution in [0.1, 0.15) is 33.3 Å². The molecule has 0 fully saturated rings. The van der Waals surface area contributed by atoms with Crippen molar-refractivity contribution in [2.24, 2.45) is 0 Å². The number of aromatic hydroxyl groups is 1. The van der Waals surface area contributed by atoms with Gasteiger partial charge in [0.1, 0.15) is 16.7 Å². The Morgan fingerprint density at radius 2 is 1.49 bits per heavy atom. The van der Waals surface area contributed by atoms with Crippen LogP contribution in [0.5, 0.6) is 5.75 Å². The third-order valence-electron chi connectivity index (χ3n) is 6.86. The molecule has 0 aliphatic carbocycles. The summed E-state index contributed by atoms with van der Waals surface area (Å²) in [6, 6.07) is 28.2. The Kier molecular flexibility index (Phi) is 8.69. The number of carboxylic acids is 1. The number of nitrogens with zero attached hydrogens (tertiary/aromatic N) is 1. The molecule has 6 nitrogen and oxygen atoms in total. The van der Waals surface area contributed by atoms with Gasteiger partial charge in [0.15, 0.2) is 0 Å². The van der Waals surface area contributed by atoms with E-state index in [0.717, 1.165) is 38.8 Å². The van der Waals surface area contributed by atoms with Crippen LogP contribution in [0.2, 0.25) is 5.02 Å². The summed E-state index contributed by atoms with van der Waals surface area (Å²) in [5.74, 6) is -1.66. The summed E-state index contributed by atoms with van der Waals surface area (Å²) in [5, 5.41) is 22.6. The normalized spacial score (nSPS) is 12.0. The number of aliphatic carboxylic acids is 1. The van der Waals surface area contributed by atoms with Gasteiger partial charge in [-0.25, -0.2) is 4.79 Å². The molecule has 5 aromatic rings. The summed E-state index contributed by atoms with van der Waals surface area (Å²) in [7, 11) is 0. The van der Waals surface area contributed by atoms with Crippen LogP contribution in [0.15, 0.2) is 97.1 Å². The fourth-order valence-corrected chi connectivity index (χ4v) is 5.59. The van der Waals surface area contributed by atoms with Gasteiger partial charge in [-0.1, -0.05) is 73.1 Å². The van der Waals surface area contributed by atoms with Crippen molar-refractivity contribution in [1.29, 1.82) is 0 Å². The maximum Gasteiger partial charge on any atom is 0.367 e. The van der Waals surface area contributed by atoms with Gasteiger partial charge < -0.3 is 15.1 Å². The second-order valence-electron chi connectivity index (χ2n) is 9.72. The van der Waals surface area contributed by atoms with E-state index in [-0.39, 0.29) is 18.7 Å². The van der Waals surface area contributed by atoms with E-state index in [2.05, 4.69) is 6.92 Å². The van der Waals surface area contributed by atoms with Crippen molar-refractivity contribution in [3.05, 3.63) is 124 Å². The predicted molar refractivity (Wildman–Crippen MR) is 162 cm³/mol. The predicted octanol–water partition coefficient (Wildman–Crippen LogP) is 7.76. The average molecular weight is 586 g/mol. The third kappa shape index (κ3) is 6.95. The van der Waals surface area contributed by atoms with E-state index in [1.807, 2.05) is 66.7 Å². The highest BCUT2D eigenvalue weighted by Gasteiger charge is 2.30. The van der Waals surface area contributed by atoms with Crippen molar-refractivity contribution < 1.29 is 24.6 Å². The lowest BCUT2D eigenvalue weighted by Gasteiger charge is -2.27. The Morgan fingerprint density at radius 3 is 2.15 bits per heavy atom. The maximum atomic E-state index is 13.4. The molecule has 0 spiro atoms. The zero-order valence-electron chi connectivity index (χ0n) is 22.3. The smallest absolute Gasteiger partial charge is 0.367 e. The lowest BCUT2D eigenvalue weighted by Crippen LogP contribution is -2.43. The maximum absolute atomic E-state index is 13.4. The average Bonchev–Trinajstić information content (AvgIpc) is 3.41. The van der Waals surface area contributed by atoms with Crippen LogP contribution in [0.4, 0.5) is 0 Å². The zero-order valence-corrected chi connectivity index (χ0v) is 23.9. The van der Waals surface area contributed by atoms with Crippen LogP contribution in [0, 0.1) is 0 Å². The molecule has 2 N–H and O–H groups in total. The van der Waals surface area contributed by atoms with E-state index in [1.54, 1.807) is 18.2 Å². The molecule has 1 heterocycles.